The van der Waals surface area contributed by atoms with Crippen molar-refractivity contribution in [1.82, 2.24) is 0 Å². The van der Waals surface area contributed by atoms with Gasteiger partial charge < -0.3 is 60.5 Å². The smallest absolute Gasteiger partial charge is 0.345 e. The van der Waals surface area contributed by atoms with Gasteiger partial charge in [0.25, 0.3) is 0 Å². The number of hydrogen-bond acceptors (Lipinski definition) is 16. The second kappa shape index (κ2) is 14.6. The second-order valence-electron chi connectivity index (χ2n) is 8.33. The van der Waals surface area contributed by atoms with Crippen LogP contribution in [0.5, 0.6) is 0 Å². The van der Waals surface area contributed by atoms with Gasteiger partial charge in [-0.15, -0.1) is 0 Å². The molecule has 0 spiro atoms. The summed E-state index contributed by atoms with van der Waals surface area (Å²) >= 11 is 0. The van der Waals surface area contributed by atoms with Gasteiger partial charge in [-0.25, -0.2) is 9.59 Å². The molecule has 0 aromatic rings. The van der Waals surface area contributed by atoms with E-state index in [0.29, 0.717) is 12.8 Å². The average molecular weight is 528 g/mol. The summed E-state index contributed by atoms with van der Waals surface area (Å²) in [6, 6.07) is 0. The molecule has 0 heterocycles. The molecule has 1 saturated carbocycles. The van der Waals surface area contributed by atoms with E-state index in [1.54, 1.807) is 0 Å². The van der Waals surface area contributed by atoms with Crippen LogP contribution in [0.3, 0.4) is 0 Å². The zero-order valence-corrected chi connectivity index (χ0v) is 18.9. The molecule has 36 heavy (non-hydrogen) atoms. The lowest BCUT2D eigenvalue weighted by Crippen LogP contribution is -2.50. The van der Waals surface area contributed by atoms with Crippen molar-refractivity contribution in [2.45, 2.75) is 74.5 Å². The van der Waals surface area contributed by atoms with Gasteiger partial charge >= 0.3 is 23.9 Å². The number of carbonyl (C=O) groups excluding carboxylic acids is 4. The molecule has 10 atom stereocenters. The Morgan fingerprint density at radius 1 is 0.583 bits per heavy atom. The highest BCUT2D eigenvalue weighted by Crippen LogP contribution is 2.32. The molecule has 1 rings (SSSR count). The standard InChI is InChI=1S/C20H32O16/c21-5-9(23)11(25)13(27)15(29)19(33)35-17(31)7-3-1-2-4-8(7)18(32)36-20(34)16(30)14(28)12(26)10(24)6-22/h7-16,21-30H,1-6H2/t7?,8?,9-,10-,11+,12+,13-,14-,15+,16+/m1/s1. The van der Waals surface area contributed by atoms with Crippen LogP contribution in [0, 0.1) is 11.8 Å². The molecule has 0 radical (unpaired) electrons. The zero-order chi connectivity index (χ0) is 27.7. The molecule has 0 aromatic carbocycles. The van der Waals surface area contributed by atoms with E-state index in [2.05, 4.69) is 9.47 Å². The average Bonchev–Trinajstić information content (AvgIpc) is 2.88. The molecular formula is C20H32O16. The van der Waals surface area contributed by atoms with Gasteiger partial charge in [-0.1, -0.05) is 12.8 Å². The third-order valence-corrected chi connectivity index (χ3v) is 5.77. The quantitative estimate of drug-likeness (QED) is 0.0832. The van der Waals surface area contributed by atoms with Gasteiger partial charge in [0.15, 0.2) is 12.2 Å². The van der Waals surface area contributed by atoms with Crippen LogP contribution in [0.4, 0.5) is 0 Å². The van der Waals surface area contributed by atoms with Gasteiger partial charge in [0.2, 0.25) is 0 Å². The molecule has 1 aliphatic rings. The first kappa shape index (κ1) is 31.9. The van der Waals surface area contributed by atoms with E-state index in [1.165, 1.54) is 0 Å². The van der Waals surface area contributed by atoms with E-state index in [1.807, 2.05) is 0 Å². The van der Waals surface area contributed by atoms with Crippen LogP contribution in [0.2, 0.25) is 0 Å². The van der Waals surface area contributed by atoms with Crippen molar-refractivity contribution >= 4 is 23.9 Å². The molecule has 0 bridgehead atoms. The number of carbonyl (C=O) groups is 4. The fraction of sp³-hybridized carbons (Fsp3) is 0.800. The first-order valence-corrected chi connectivity index (χ1v) is 11.0. The molecule has 2 unspecified atom stereocenters. The van der Waals surface area contributed by atoms with Crippen LogP contribution in [0.25, 0.3) is 0 Å². The Balaban J connectivity index is 2.82. The molecular weight excluding hydrogens is 496 g/mol. The van der Waals surface area contributed by atoms with Crippen LogP contribution in [-0.2, 0) is 28.7 Å². The minimum atomic E-state index is -2.52. The maximum Gasteiger partial charge on any atom is 0.345 e. The monoisotopic (exact) mass is 528 g/mol. The lowest BCUT2D eigenvalue weighted by molar-refractivity contribution is -0.186. The summed E-state index contributed by atoms with van der Waals surface area (Å²) in [6.07, 6.45) is -17.2. The Morgan fingerprint density at radius 3 is 1.17 bits per heavy atom. The molecule has 1 fully saturated rings. The molecule has 0 saturated heterocycles. The third-order valence-electron chi connectivity index (χ3n) is 5.77. The van der Waals surface area contributed by atoms with Crippen molar-refractivity contribution in [2.75, 3.05) is 13.2 Å². The van der Waals surface area contributed by atoms with Crippen LogP contribution >= 0.6 is 0 Å². The Hall–Kier alpha value is -2.12. The Kier molecular flexibility index (Phi) is 12.9. The maximum absolute atomic E-state index is 12.5. The highest BCUT2D eigenvalue weighted by Gasteiger charge is 2.43. The van der Waals surface area contributed by atoms with Crippen molar-refractivity contribution < 1.29 is 79.7 Å². The van der Waals surface area contributed by atoms with Crippen molar-refractivity contribution in [2.24, 2.45) is 11.8 Å². The number of esters is 4. The maximum atomic E-state index is 12.5. The van der Waals surface area contributed by atoms with Gasteiger partial charge in [0, 0.05) is 0 Å². The van der Waals surface area contributed by atoms with Crippen molar-refractivity contribution in [3.8, 4) is 0 Å². The predicted molar refractivity (Wildman–Crippen MR) is 110 cm³/mol. The predicted octanol–water partition coefficient (Wildman–Crippen LogP) is -6.20. The minimum absolute atomic E-state index is 0.0306. The lowest BCUT2D eigenvalue weighted by Gasteiger charge is -2.29. The largest absolute Gasteiger partial charge is 0.394 e. The molecule has 16 heteroatoms. The Bertz CT molecular complexity index is 696. The molecule has 1 aliphatic carbocycles. The number of rotatable bonds is 12. The van der Waals surface area contributed by atoms with E-state index in [4.69, 9.17) is 10.2 Å². The third kappa shape index (κ3) is 8.20. The summed E-state index contributed by atoms with van der Waals surface area (Å²) in [7, 11) is 0. The van der Waals surface area contributed by atoms with Crippen LogP contribution < -0.4 is 0 Å². The van der Waals surface area contributed by atoms with Crippen LogP contribution in [0.1, 0.15) is 25.7 Å². The number of ether oxygens (including phenoxy) is 2. The lowest BCUT2D eigenvalue weighted by atomic mass is 9.79. The van der Waals surface area contributed by atoms with E-state index >= 15 is 0 Å². The highest BCUT2D eigenvalue weighted by molar-refractivity contribution is 5.94. The number of aliphatic hydroxyl groups excluding tert-OH is 10. The van der Waals surface area contributed by atoms with Crippen molar-refractivity contribution in [3.63, 3.8) is 0 Å². The summed E-state index contributed by atoms with van der Waals surface area (Å²) in [4.78, 5) is 49.0. The molecule has 16 nitrogen and oxygen atoms in total. The summed E-state index contributed by atoms with van der Waals surface area (Å²) in [5, 5.41) is 94.2. The first-order chi connectivity index (χ1) is 16.8. The highest BCUT2D eigenvalue weighted by atomic mass is 16.6. The molecule has 0 amide bonds. The van der Waals surface area contributed by atoms with Crippen LogP contribution in [-0.4, -0.2) is 137 Å². The molecule has 208 valence electrons. The van der Waals surface area contributed by atoms with Gasteiger partial charge in [0.1, 0.15) is 36.6 Å². The minimum Gasteiger partial charge on any atom is -0.394 e. The molecule has 10 N–H and O–H groups in total. The summed E-state index contributed by atoms with van der Waals surface area (Å²) in [5.41, 5.74) is 0. The van der Waals surface area contributed by atoms with Crippen molar-refractivity contribution in [1.29, 1.82) is 0 Å². The van der Waals surface area contributed by atoms with E-state index in [0.717, 1.165) is 0 Å². The fourth-order valence-electron chi connectivity index (χ4n) is 3.49. The summed E-state index contributed by atoms with van der Waals surface area (Å²) in [5.74, 6) is -8.91. The Labute approximate surface area is 203 Å². The number of aliphatic hydroxyl groups is 10. The van der Waals surface area contributed by atoms with Crippen molar-refractivity contribution in [3.05, 3.63) is 0 Å². The number of hydrogen-bond donors (Lipinski definition) is 10. The summed E-state index contributed by atoms with van der Waals surface area (Å²) in [6.45, 7) is -2.04. The van der Waals surface area contributed by atoms with Gasteiger partial charge in [0.05, 0.1) is 25.0 Å². The van der Waals surface area contributed by atoms with Gasteiger partial charge in [-0.2, -0.15) is 0 Å². The normalized spacial score (nSPS) is 24.8. The topological polar surface area (TPSA) is 289 Å². The molecule has 0 aromatic heterocycles. The Morgan fingerprint density at radius 2 is 0.889 bits per heavy atom. The van der Waals surface area contributed by atoms with Gasteiger partial charge in [-0.3, -0.25) is 9.59 Å². The zero-order valence-electron chi connectivity index (χ0n) is 18.9. The first-order valence-electron chi connectivity index (χ1n) is 11.0. The fourth-order valence-corrected chi connectivity index (χ4v) is 3.49. The van der Waals surface area contributed by atoms with Crippen LogP contribution in [0.15, 0.2) is 0 Å². The SMILES string of the molecule is O=C(OC(=O)[C@@H](O)[C@H](O)[C@@H](O)[C@H](O)CO)C1CCCCC1C(=O)OC(=O)[C@@H](O)[C@H](O)[C@@H](O)[C@H](O)CO. The molecule has 0 aliphatic heterocycles. The second-order valence-corrected chi connectivity index (χ2v) is 8.33. The van der Waals surface area contributed by atoms with E-state index < -0.39 is 97.8 Å². The summed E-state index contributed by atoms with van der Waals surface area (Å²) < 4.78 is 8.94. The van der Waals surface area contributed by atoms with Gasteiger partial charge in [-0.05, 0) is 12.8 Å². The van der Waals surface area contributed by atoms with E-state index in [-0.39, 0.29) is 12.8 Å². The van der Waals surface area contributed by atoms with E-state index in [9.17, 15) is 60.0 Å².